The van der Waals surface area contributed by atoms with Gasteiger partial charge in [0.15, 0.2) is 0 Å². The molecule has 0 saturated heterocycles. The second-order valence-corrected chi connectivity index (χ2v) is 4.51. The summed E-state index contributed by atoms with van der Waals surface area (Å²) in [6.45, 7) is 6.25. The highest BCUT2D eigenvalue weighted by Crippen LogP contribution is 2.27. The summed E-state index contributed by atoms with van der Waals surface area (Å²) in [6.07, 6.45) is 1.96. The zero-order valence-corrected chi connectivity index (χ0v) is 10.5. The van der Waals surface area contributed by atoms with Gasteiger partial charge in [0.25, 0.3) is 0 Å². The lowest BCUT2D eigenvalue weighted by Gasteiger charge is -2.05. The first-order chi connectivity index (χ1) is 7.11. The highest BCUT2D eigenvalue weighted by molar-refractivity contribution is 7.99. The van der Waals surface area contributed by atoms with E-state index in [9.17, 15) is 4.79 Å². The van der Waals surface area contributed by atoms with Gasteiger partial charge in [0.1, 0.15) is 0 Å². The maximum atomic E-state index is 11.7. The van der Waals surface area contributed by atoms with Crippen molar-refractivity contribution in [3.63, 3.8) is 0 Å². The first-order valence-corrected chi connectivity index (χ1v) is 6.06. The standard InChI is InChI=1S/C11H17NO2S/c1-5-14-11(13)9-8(3)7-12(4)10(9)15-6-2/h7H,5-6H2,1-4H3. The molecule has 84 valence electrons. The van der Waals surface area contributed by atoms with E-state index in [2.05, 4.69) is 6.92 Å². The number of ether oxygens (including phenoxy) is 1. The third-order valence-electron chi connectivity index (χ3n) is 2.08. The van der Waals surface area contributed by atoms with Gasteiger partial charge in [-0.3, -0.25) is 0 Å². The van der Waals surface area contributed by atoms with Crippen LogP contribution < -0.4 is 0 Å². The molecule has 0 amide bonds. The normalized spacial score (nSPS) is 10.4. The Morgan fingerprint density at radius 1 is 1.53 bits per heavy atom. The maximum absolute atomic E-state index is 11.7. The largest absolute Gasteiger partial charge is 0.462 e. The van der Waals surface area contributed by atoms with E-state index < -0.39 is 0 Å². The number of hydrogen-bond acceptors (Lipinski definition) is 3. The molecule has 0 N–H and O–H groups in total. The first kappa shape index (κ1) is 12.2. The summed E-state index contributed by atoms with van der Waals surface area (Å²) in [4.78, 5) is 11.7. The van der Waals surface area contributed by atoms with Gasteiger partial charge in [0.05, 0.1) is 17.2 Å². The van der Waals surface area contributed by atoms with E-state index >= 15 is 0 Å². The Hall–Kier alpha value is -0.900. The molecule has 0 spiro atoms. The molecule has 1 heterocycles. The second-order valence-electron chi connectivity index (χ2n) is 3.26. The van der Waals surface area contributed by atoms with Crippen molar-refractivity contribution in [2.75, 3.05) is 12.4 Å². The minimum atomic E-state index is -0.216. The number of rotatable bonds is 4. The molecule has 1 aromatic heterocycles. The number of nitrogens with zero attached hydrogens (tertiary/aromatic N) is 1. The van der Waals surface area contributed by atoms with Crippen molar-refractivity contribution >= 4 is 17.7 Å². The fourth-order valence-electron chi connectivity index (χ4n) is 1.52. The molecule has 0 aliphatic rings. The predicted molar refractivity (Wildman–Crippen MR) is 62.5 cm³/mol. The van der Waals surface area contributed by atoms with Crippen molar-refractivity contribution in [1.29, 1.82) is 0 Å². The van der Waals surface area contributed by atoms with Crippen molar-refractivity contribution in [3.05, 3.63) is 17.3 Å². The summed E-state index contributed by atoms with van der Waals surface area (Å²) in [5, 5.41) is 0.994. The lowest BCUT2D eigenvalue weighted by atomic mass is 10.2. The molecule has 0 bridgehead atoms. The van der Waals surface area contributed by atoms with Crippen molar-refractivity contribution in [3.8, 4) is 0 Å². The van der Waals surface area contributed by atoms with Crippen LogP contribution in [-0.4, -0.2) is 22.9 Å². The van der Waals surface area contributed by atoms with Gasteiger partial charge < -0.3 is 9.30 Å². The van der Waals surface area contributed by atoms with Gasteiger partial charge in [-0.25, -0.2) is 4.79 Å². The predicted octanol–water partition coefficient (Wildman–Crippen LogP) is 2.62. The van der Waals surface area contributed by atoms with Crippen molar-refractivity contribution in [2.24, 2.45) is 7.05 Å². The summed E-state index contributed by atoms with van der Waals surface area (Å²) >= 11 is 1.67. The molecule has 0 atom stereocenters. The minimum absolute atomic E-state index is 0.216. The summed E-state index contributed by atoms with van der Waals surface area (Å²) in [5.74, 6) is 0.732. The lowest BCUT2D eigenvalue weighted by Crippen LogP contribution is -2.07. The number of carbonyl (C=O) groups excluding carboxylic acids is 1. The Bertz CT molecular complexity index is 358. The average Bonchev–Trinajstić information content (AvgIpc) is 2.43. The Morgan fingerprint density at radius 3 is 2.73 bits per heavy atom. The van der Waals surface area contributed by atoms with Gasteiger partial charge in [-0.15, -0.1) is 11.8 Å². The summed E-state index contributed by atoms with van der Waals surface area (Å²) in [7, 11) is 1.95. The van der Waals surface area contributed by atoms with E-state index in [1.165, 1.54) is 0 Å². The zero-order chi connectivity index (χ0) is 11.4. The molecule has 0 aromatic carbocycles. The smallest absolute Gasteiger partial charge is 0.341 e. The summed E-state index contributed by atoms with van der Waals surface area (Å²) in [5.41, 5.74) is 1.69. The third-order valence-corrected chi connectivity index (χ3v) is 3.13. The molecule has 15 heavy (non-hydrogen) atoms. The van der Waals surface area contributed by atoms with E-state index in [4.69, 9.17) is 4.74 Å². The van der Waals surface area contributed by atoms with Gasteiger partial charge >= 0.3 is 5.97 Å². The summed E-state index contributed by atoms with van der Waals surface area (Å²) < 4.78 is 7.03. The number of thioether (sulfide) groups is 1. The SMILES string of the molecule is CCOC(=O)c1c(C)cn(C)c1SCC. The van der Waals surface area contributed by atoms with Crippen LogP contribution in [0, 0.1) is 6.92 Å². The molecular weight excluding hydrogens is 210 g/mol. The highest BCUT2D eigenvalue weighted by atomic mass is 32.2. The van der Waals surface area contributed by atoms with Gasteiger partial charge in [-0.1, -0.05) is 6.92 Å². The first-order valence-electron chi connectivity index (χ1n) is 5.07. The van der Waals surface area contributed by atoms with Crippen molar-refractivity contribution in [2.45, 2.75) is 25.8 Å². The van der Waals surface area contributed by atoms with E-state index in [-0.39, 0.29) is 5.97 Å². The molecule has 0 aliphatic carbocycles. The molecule has 4 heteroatoms. The number of esters is 1. The van der Waals surface area contributed by atoms with Gasteiger partial charge in [0, 0.05) is 13.2 Å². The van der Waals surface area contributed by atoms with Crippen LogP contribution in [-0.2, 0) is 11.8 Å². The van der Waals surface area contributed by atoms with Crippen LogP contribution in [0.25, 0.3) is 0 Å². The highest BCUT2D eigenvalue weighted by Gasteiger charge is 2.19. The van der Waals surface area contributed by atoms with Crippen LogP contribution in [0.15, 0.2) is 11.2 Å². The number of aromatic nitrogens is 1. The topological polar surface area (TPSA) is 31.2 Å². The van der Waals surface area contributed by atoms with E-state index in [0.29, 0.717) is 12.2 Å². The van der Waals surface area contributed by atoms with E-state index in [0.717, 1.165) is 16.3 Å². The second kappa shape index (κ2) is 5.26. The van der Waals surface area contributed by atoms with Gasteiger partial charge in [-0.05, 0) is 25.2 Å². The average molecular weight is 227 g/mol. The molecular formula is C11H17NO2S. The number of aryl methyl sites for hydroxylation is 2. The van der Waals surface area contributed by atoms with Crippen molar-refractivity contribution < 1.29 is 9.53 Å². The Labute approximate surface area is 94.8 Å². The van der Waals surface area contributed by atoms with Crippen LogP contribution >= 0.6 is 11.8 Å². The van der Waals surface area contributed by atoms with Crippen LogP contribution in [0.1, 0.15) is 29.8 Å². The molecule has 0 aliphatic heterocycles. The number of carbonyl (C=O) groups is 1. The molecule has 0 unspecified atom stereocenters. The zero-order valence-electron chi connectivity index (χ0n) is 9.66. The van der Waals surface area contributed by atoms with Gasteiger partial charge in [-0.2, -0.15) is 0 Å². The molecule has 0 fully saturated rings. The lowest BCUT2D eigenvalue weighted by molar-refractivity contribution is 0.0521. The fraction of sp³-hybridized carbons (Fsp3) is 0.545. The molecule has 3 nitrogen and oxygen atoms in total. The Morgan fingerprint density at radius 2 is 2.20 bits per heavy atom. The summed E-state index contributed by atoms with van der Waals surface area (Å²) in [6, 6.07) is 0. The quantitative estimate of drug-likeness (QED) is 0.585. The van der Waals surface area contributed by atoms with Crippen LogP contribution in [0.4, 0.5) is 0 Å². The molecule has 0 saturated carbocycles. The van der Waals surface area contributed by atoms with E-state index in [1.54, 1.807) is 11.8 Å². The Balaban J connectivity index is 3.08. The van der Waals surface area contributed by atoms with Crippen LogP contribution in [0.5, 0.6) is 0 Å². The minimum Gasteiger partial charge on any atom is -0.462 e. The van der Waals surface area contributed by atoms with E-state index in [1.807, 2.05) is 31.7 Å². The Kier molecular flexibility index (Phi) is 4.27. The van der Waals surface area contributed by atoms with Crippen LogP contribution in [0.3, 0.4) is 0 Å². The van der Waals surface area contributed by atoms with Crippen LogP contribution in [0.2, 0.25) is 0 Å². The third kappa shape index (κ3) is 2.56. The monoisotopic (exact) mass is 227 g/mol. The number of hydrogen-bond donors (Lipinski definition) is 0. The fourth-order valence-corrected chi connectivity index (χ4v) is 2.44. The molecule has 1 rings (SSSR count). The van der Waals surface area contributed by atoms with Gasteiger partial charge in [0.2, 0.25) is 0 Å². The molecule has 1 aromatic rings. The van der Waals surface area contributed by atoms with Crippen molar-refractivity contribution in [1.82, 2.24) is 4.57 Å². The molecule has 0 radical (unpaired) electrons. The maximum Gasteiger partial charge on any atom is 0.341 e.